The van der Waals surface area contributed by atoms with E-state index in [1.165, 1.54) is 15.9 Å². The van der Waals surface area contributed by atoms with Gasteiger partial charge in [0.1, 0.15) is 5.75 Å². The van der Waals surface area contributed by atoms with E-state index in [1.54, 1.807) is 7.11 Å². The molecule has 0 aliphatic carbocycles. The van der Waals surface area contributed by atoms with Crippen molar-refractivity contribution in [2.75, 3.05) is 20.3 Å². The first-order valence-corrected chi connectivity index (χ1v) is 12.8. The number of ether oxygens (including phenoxy) is 3. The molecule has 2 aromatic heterocycles. The zero-order chi connectivity index (χ0) is 24.8. The minimum Gasteiger partial charge on any atom is -0.494 e. The Kier molecular flexibility index (Phi) is 8.02. The molecular weight excluding hydrogens is 462 g/mol. The number of aromatic nitrogens is 3. The number of hydrogen-bond acceptors (Lipinski definition) is 7. The van der Waals surface area contributed by atoms with Gasteiger partial charge in [0.15, 0.2) is 17.3 Å². The number of nitrogens with zero attached hydrogens (tertiary/aromatic N) is 3. The van der Waals surface area contributed by atoms with Crippen molar-refractivity contribution in [1.29, 1.82) is 0 Å². The monoisotopic (exact) mass is 493 g/mol. The summed E-state index contributed by atoms with van der Waals surface area (Å²) in [6.45, 7) is 7.79. The molecule has 0 aliphatic heterocycles. The van der Waals surface area contributed by atoms with Crippen LogP contribution in [0.4, 0.5) is 0 Å². The summed E-state index contributed by atoms with van der Waals surface area (Å²) in [6, 6.07) is 13.3. The summed E-state index contributed by atoms with van der Waals surface area (Å²) in [7, 11) is 1.61. The average Bonchev–Trinajstić information content (AvgIpc) is 3.39. The first kappa shape index (κ1) is 24.7. The first-order valence-electron chi connectivity index (χ1n) is 11.9. The molecule has 0 atom stereocenters. The summed E-state index contributed by atoms with van der Waals surface area (Å²) in [5.41, 5.74) is 1.49. The molecule has 8 heteroatoms. The summed E-state index contributed by atoms with van der Waals surface area (Å²) in [5.74, 6) is 3.24. The standard InChI is InChI=1S/C27H31N3O4S/c1-5-6-14-33-21-10-8-20(9-11-21)25-28-27-30(29-25)26(31)24(35-27)17-19-7-12-22(23(16-19)32-4)34-15-13-18(2)3/h7-12,16-18H,5-6,13-15H2,1-4H3/b24-17+. The molecule has 0 fully saturated rings. The molecule has 0 radical (unpaired) electrons. The predicted octanol–water partition coefficient (Wildman–Crippen LogP) is 4.98. The fourth-order valence-electron chi connectivity index (χ4n) is 3.44. The third-order valence-electron chi connectivity index (χ3n) is 5.50. The summed E-state index contributed by atoms with van der Waals surface area (Å²) in [6.07, 6.45) is 4.91. The van der Waals surface area contributed by atoms with E-state index in [1.807, 2.05) is 48.5 Å². The van der Waals surface area contributed by atoms with Crippen molar-refractivity contribution in [3.8, 4) is 28.6 Å². The lowest BCUT2D eigenvalue weighted by atomic mass is 10.1. The van der Waals surface area contributed by atoms with Crippen LogP contribution in [0.15, 0.2) is 47.3 Å². The van der Waals surface area contributed by atoms with Crippen LogP contribution >= 0.6 is 11.3 Å². The van der Waals surface area contributed by atoms with Gasteiger partial charge in [-0.15, -0.1) is 5.10 Å². The molecule has 35 heavy (non-hydrogen) atoms. The van der Waals surface area contributed by atoms with E-state index in [2.05, 4.69) is 30.9 Å². The van der Waals surface area contributed by atoms with Crippen molar-refractivity contribution in [3.05, 3.63) is 62.9 Å². The topological polar surface area (TPSA) is 75.0 Å². The molecule has 0 saturated heterocycles. The lowest BCUT2D eigenvalue weighted by molar-refractivity contribution is 0.273. The molecule has 4 aromatic rings. The molecule has 184 valence electrons. The van der Waals surface area contributed by atoms with E-state index in [4.69, 9.17) is 14.2 Å². The highest BCUT2D eigenvalue weighted by molar-refractivity contribution is 7.15. The van der Waals surface area contributed by atoms with Gasteiger partial charge in [-0.3, -0.25) is 4.79 Å². The maximum absolute atomic E-state index is 13.0. The van der Waals surface area contributed by atoms with Crippen molar-refractivity contribution in [3.63, 3.8) is 0 Å². The van der Waals surface area contributed by atoms with E-state index >= 15 is 0 Å². The van der Waals surface area contributed by atoms with Gasteiger partial charge in [0.2, 0.25) is 4.96 Å². The minimum atomic E-state index is -0.195. The lowest BCUT2D eigenvalue weighted by Crippen LogP contribution is -2.23. The number of methoxy groups -OCH3 is 1. The molecule has 4 rings (SSSR count). The van der Waals surface area contributed by atoms with Gasteiger partial charge in [0.05, 0.1) is 24.9 Å². The van der Waals surface area contributed by atoms with E-state index in [0.29, 0.717) is 45.9 Å². The smallest absolute Gasteiger partial charge is 0.291 e. The first-order chi connectivity index (χ1) is 17.0. The largest absolute Gasteiger partial charge is 0.494 e. The Morgan fingerprint density at radius 1 is 1.06 bits per heavy atom. The number of hydrogen-bond donors (Lipinski definition) is 0. The van der Waals surface area contributed by atoms with E-state index in [0.717, 1.165) is 36.1 Å². The Morgan fingerprint density at radius 3 is 2.54 bits per heavy atom. The van der Waals surface area contributed by atoms with E-state index in [9.17, 15) is 4.79 Å². The second kappa shape index (κ2) is 11.4. The molecule has 0 amide bonds. The summed E-state index contributed by atoms with van der Waals surface area (Å²) in [5, 5.41) is 4.44. The molecule has 7 nitrogen and oxygen atoms in total. The fourth-order valence-corrected chi connectivity index (χ4v) is 4.35. The second-order valence-corrected chi connectivity index (χ2v) is 9.72. The van der Waals surface area contributed by atoms with Gasteiger partial charge in [-0.25, -0.2) is 0 Å². The SMILES string of the molecule is CCCCOc1ccc(-c2nc3s/c(=C/c4ccc(OCCC(C)C)c(OC)c4)c(=O)n3n2)cc1. The van der Waals surface area contributed by atoms with Crippen LogP contribution in [0.25, 0.3) is 22.4 Å². The Bertz CT molecular complexity index is 1380. The Hall–Kier alpha value is -3.39. The second-order valence-electron chi connectivity index (χ2n) is 8.71. The minimum absolute atomic E-state index is 0.195. The van der Waals surface area contributed by atoms with Gasteiger partial charge in [0.25, 0.3) is 5.56 Å². The number of unbranched alkanes of at least 4 members (excludes halogenated alkanes) is 1. The predicted molar refractivity (Wildman–Crippen MR) is 140 cm³/mol. The summed E-state index contributed by atoms with van der Waals surface area (Å²) >= 11 is 1.31. The highest BCUT2D eigenvalue weighted by Gasteiger charge is 2.13. The molecular formula is C27H31N3O4S. The van der Waals surface area contributed by atoms with Crippen molar-refractivity contribution in [2.45, 2.75) is 40.0 Å². The van der Waals surface area contributed by atoms with Crippen LogP contribution in [-0.2, 0) is 0 Å². The number of benzene rings is 2. The summed E-state index contributed by atoms with van der Waals surface area (Å²) in [4.78, 5) is 18.1. The van der Waals surface area contributed by atoms with Crippen LogP contribution in [-0.4, -0.2) is 34.9 Å². The third kappa shape index (κ3) is 6.00. The Balaban J connectivity index is 1.54. The van der Waals surface area contributed by atoms with Crippen LogP contribution in [0.2, 0.25) is 0 Å². The van der Waals surface area contributed by atoms with Crippen LogP contribution in [0.5, 0.6) is 17.2 Å². The molecule has 2 heterocycles. The van der Waals surface area contributed by atoms with Gasteiger partial charge in [-0.05, 0) is 66.8 Å². The van der Waals surface area contributed by atoms with Crippen LogP contribution in [0.1, 0.15) is 45.6 Å². The third-order valence-corrected chi connectivity index (χ3v) is 6.46. The molecule has 0 N–H and O–H groups in total. The maximum atomic E-state index is 13.0. The highest BCUT2D eigenvalue weighted by atomic mass is 32.1. The lowest BCUT2D eigenvalue weighted by Gasteiger charge is -2.12. The van der Waals surface area contributed by atoms with E-state index < -0.39 is 0 Å². The van der Waals surface area contributed by atoms with Gasteiger partial charge < -0.3 is 14.2 Å². The molecule has 2 aromatic carbocycles. The number of thiazole rings is 1. The van der Waals surface area contributed by atoms with Gasteiger partial charge in [-0.2, -0.15) is 9.50 Å². The van der Waals surface area contributed by atoms with Gasteiger partial charge in [0, 0.05) is 5.56 Å². The van der Waals surface area contributed by atoms with Crippen molar-refractivity contribution >= 4 is 22.4 Å². The summed E-state index contributed by atoms with van der Waals surface area (Å²) < 4.78 is 19.0. The zero-order valence-corrected chi connectivity index (χ0v) is 21.4. The Morgan fingerprint density at radius 2 is 1.86 bits per heavy atom. The molecule has 0 bridgehead atoms. The van der Waals surface area contributed by atoms with Crippen molar-refractivity contribution in [1.82, 2.24) is 14.6 Å². The zero-order valence-electron chi connectivity index (χ0n) is 20.6. The number of rotatable bonds is 11. The highest BCUT2D eigenvalue weighted by Crippen LogP contribution is 2.29. The molecule has 0 saturated carbocycles. The average molecular weight is 494 g/mol. The molecule has 0 spiro atoms. The molecule has 0 unspecified atom stereocenters. The van der Waals surface area contributed by atoms with Crippen molar-refractivity contribution < 1.29 is 14.2 Å². The fraction of sp³-hybridized carbons (Fsp3) is 0.370. The van der Waals surface area contributed by atoms with E-state index in [-0.39, 0.29) is 5.56 Å². The Labute approximate surface area is 209 Å². The van der Waals surface area contributed by atoms with Gasteiger partial charge in [-0.1, -0.05) is 44.6 Å². The van der Waals surface area contributed by atoms with Crippen LogP contribution in [0, 0.1) is 5.92 Å². The molecule has 0 aliphatic rings. The number of fused-ring (bicyclic) bond motifs is 1. The quantitative estimate of drug-likeness (QED) is 0.274. The maximum Gasteiger partial charge on any atom is 0.291 e. The van der Waals surface area contributed by atoms with Gasteiger partial charge >= 0.3 is 0 Å². The van der Waals surface area contributed by atoms with Crippen LogP contribution in [0.3, 0.4) is 0 Å². The van der Waals surface area contributed by atoms with Crippen molar-refractivity contribution in [2.24, 2.45) is 5.92 Å². The van der Waals surface area contributed by atoms with Crippen LogP contribution < -0.4 is 24.3 Å². The normalized spacial score (nSPS) is 12.0.